The Morgan fingerprint density at radius 3 is 3.14 bits per heavy atom. The topological polar surface area (TPSA) is 80.0 Å². The average molecular weight is 302 g/mol. The third-order valence-corrected chi connectivity index (χ3v) is 3.90. The highest BCUT2D eigenvalue weighted by atomic mass is 32.1. The number of fused-ring (bicyclic) bond motifs is 1. The number of rotatable bonds is 4. The summed E-state index contributed by atoms with van der Waals surface area (Å²) in [6, 6.07) is 3.53. The minimum atomic E-state index is -0.702. The first kappa shape index (κ1) is 13.7. The molecule has 6 nitrogen and oxygen atoms in total. The molecule has 108 valence electrons. The van der Waals surface area contributed by atoms with Gasteiger partial charge in [0.1, 0.15) is 5.52 Å². The fourth-order valence-corrected chi connectivity index (χ4v) is 2.72. The number of carbonyl (C=O) groups excluding carboxylic acids is 1. The van der Waals surface area contributed by atoms with Gasteiger partial charge in [-0.15, -0.1) is 0 Å². The summed E-state index contributed by atoms with van der Waals surface area (Å²) < 4.78 is 1.79. The van der Waals surface area contributed by atoms with Gasteiger partial charge in [0.25, 0.3) is 5.91 Å². The lowest BCUT2D eigenvalue weighted by Gasteiger charge is -2.10. The van der Waals surface area contributed by atoms with Gasteiger partial charge in [-0.25, -0.2) is 9.97 Å². The molecule has 0 fully saturated rings. The number of hydrogen-bond acceptors (Lipinski definition) is 5. The van der Waals surface area contributed by atoms with Crippen LogP contribution in [0.3, 0.4) is 0 Å². The second-order valence-corrected chi connectivity index (χ2v) is 5.48. The van der Waals surface area contributed by atoms with E-state index >= 15 is 0 Å². The fraction of sp³-hybridized carbons (Fsp3) is 0.214. The van der Waals surface area contributed by atoms with Crippen molar-refractivity contribution in [2.24, 2.45) is 7.05 Å². The highest BCUT2D eigenvalue weighted by molar-refractivity contribution is 7.07. The number of hydrogen-bond donors (Lipinski definition) is 2. The van der Waals surface area contributed by atoms with Crippen LogP contribution < -0.4 is 5.32 Å². The van der Waals surface area contributed by atoms with E-state index in [9.17, 15) is 9.90 Å². The number of pyridine rings is 1. The van der Waals surface area contributed by atoms with Gasteiger partial charge in [-0.3, -0.25) is 4.79 Å². The van der Waals surface area contributed by atoms with Crippen LogP contribution in [0.1, 0.15) is 22.0 Å². The van der Waals surface area contributed by atoms with E-state index in [1.54, 1.807) is 17.0 Å². The van der Waals surface area contributed by atoms with Gasteiger partial charge in [-0.05, 0) is 28.5 Å². The number of thiophene rings is 1. The molecule has 0 radical (unpaired) electrons. The van der Waals surface area contributed by atoms with E-state index in [1.807, 2.05) is 23.9 Å². The molecule has 3 aromatic rings. The summed E-state index contributed by atoms with van der Waals surface area (Å²) in [6.07, 6.45) is 2.46. The molecule has 7 heteroatoms. The van der Waals surface area contributed by atoms with E-state index in [-0.39, 0.29) is 12.5 Å². The van der Waals surface area contributed by atoms with E-state index in [4.69, 9.17) is 0 Å². The van der Waals surface area contributed by atoms with Crippen molar-refractivity contribution in [3.8, 4) is 0 Å². The van der Waals surface area contributed by atoms with Crippen LogP contribution >= 0.6 is 11.3 Å². The summed E-state index contributed by atoms with van der Waals surface area (Å²) >= 11 is 1.51. The maximum absolute atomic E-state index is 12.1. The number of aliphatic hydroxyl groups excluding tert-OH is 1. The van der Waals surface area contributed by atoms with Crippen LogP contribution in [0.25, 0.3) is 11.2 Å². The molecule has 0 aromatic carbocycles. The molecule has 1 amide bonds. The molecule has 1 atom stereocenters. The fourth-order valence-electron chi connectivity index (χ4n) is 2.01. The molecule has 0 aliphatic rings. The second-order valence-electron chi connectivity index (χ2n) is 4.70. The summed E-state index contributed by atoms with van der Waals surface area (Å²) in [4.78, 5) is 20.5. The van der Waals surface area contributed by atoms with Crippen molar-refractivity contribution in [3.05, 3.63) is 46.5 Å². The number of nitrogens with zero attached hydrogens (tertiary/aromatic N) is 3. The summed E-state index contributed by atoms with van der Waals surface area (Å²) in [5.74, 6) is -0.274. The lowest BCUT2D eigenvalue weighted by molar-refractivity contribution is 0.0916. The summed E-state index contributed by atoms with van der Waals surface area (Å²) in [5, 5.41) is 16.4. The van der Waals surface area contributed by atoms with Gasteiger partial charge < -0.3 is 15.0 Å². The molecular weight excluding hydrogens is 288 g/mol. The number of aryl methyl sites for hydroxylation is 1. The molecule has 0 aliphatic heterocycles. The number of aromatic nitrogens is 3. The van der Waals surface area contributed by atoms with E-state index in [0.717, 1.165) is 11.2 Å². The smallest absolute Gasteiger partial charge is 0.253 e. The zero-order chi connectivity index (χ0) is 14.8. The number of imidazole rings is 1. The molecule has 21 heavy (non-hydrogen) atoms. The maximum atomic E-state index is 12.1. The molecule has 0 saturated carbocycles. The molecule has 3 aromatic heterocycles. The van der Waals surface area contributed by atoms with Gasteiger partial charge >= 0.3 is 0 Å². The highest BCUT2D eigenvalue weighted by Crippen LogP contribution is 2.15. The molecule has 0 spiro atoms. The van der Waals surface area contributed by atoms with Gasteiger partial charge in [0.15, 0.2) is 5.65 Å². The SMILES string of the molecule is Cn1cnc2cc(C(=O)NCC(O)c3ccsc3)cnc21. The molecule has 0 bridgehead atoms. The predicted octanol–water partition coefficient (Wildman–Crippen LogP) is 1.49. The van der Waals surface area contributed by atoms with Gasteiger partial charge in [-0.1, -0.05) is 0 Å². The zero-order valence-electron chi connectivity index (χ0n) is 11.4. The molecule has 0 saturated heterocycles. The Bertz CT molecular complexity index is 766. The van der Waals surface area contributed by atoms with Crippen LogP contribution in [0.5, 0.6) is 0 Å². The van der Waals surface area contributed by atoms with E-state index in [2.05, 4.69) is 15.3 Å². The average Bonchev–Trinajstić information content (AvgIpc) is 3.14. The van der Waals surface area contributed by atoms with Gasteiger partial charge in [0.05, 0.1) is 18.0 Å². The third-order valence-electron chi connectivity index (χ3n) is 3.20. The van der Waals surface area contributed by atoms with Crippen LogP contribution in [-0.4, -0.2) is 32.1 Å². The summed E-state index contributed by atoms with van der Waals surface area (Å²) in [6.45, 7) is 0.163. The Morgan fingerprint density at radius 1 is 1.52 bits per heavy atom. The molecule has 2 N–H and O–H groups in total. The Hall–Kier alpha value is -2.25. The largest absolute Gasteiger partial charge is 0.387 e. The van der Waals surface area contributed by atoms with Crippen molar-refractivity contribution in [1.29, 1.82) is 0 Å². The van der Waals surface area contributed by atoms with E-state index in [1.165, 1.54) is 17.5 Å². The summed E-state index contributed by atoms with van der Waals surface area (Å²) in [5.41, 5.74) is 2.63. The van der Waals surface area contributed by atoms with E-state index < -0.39 is 6.10 Å². The number of aliphatic hydroxyl groups is 1. The summed E-state index contributed by atoms with van der Waals surface area (Å²) in [7, 11) is 1.85. The van der Waals surface area contributed by atoms with Crippen molar-refractivity contribution in [3.63, 3.8) is 0 Å². The Kier molecular flexibility index (Phi) is 3.68. The van der Waals surface area contributed by atoms with Crippen molar-refractivity contribution >= 4 is 28.4 Å². The Balaban J connectivity index is 1.69. The lowest BCUT2D eigenvalue weighted by Crippen LogP contribution is -2.28. The quantitative estimate of drug-likeness (QED) is 0.765. The van der Waals surface area contributed by atoms with Crippen LogP contribution in [-0.2, 0) is 7.05 Å². The van der Waals surface area contributed by atoms with Gasteiger partial charge in [-0.2, -0.15) is 11.3 Å². The first-order valence-corrected chi connectivity index (χ1v) is 7.35. The van der Waals surface area contributed by atoms with Crippen LogP contribution in [0.15, 0.2) is 35.4 Å². The molecule has 1 unspecified atom stereocenters. The van der Waals surface area contributed by atoms with Gasteiger partial charge in [0.2, 0.25) is 0 Å². The first-order valence-electron chi connectivity index (χ1n) is 6.40. The molecule has 0 aliphatic carbocycles. The predicted molar refractivity (Wildman–Crippen MR) is 80.1 cm³/mol. The van der Waals surface area contributed by atoms with Gasteiger partial charge in [0, 0.05) is 19.8 Å². The molecular formula is C14H14N4O2S. The standard InChI is InChI=1S/C14H14N4O2S/c1-18-8-17-11-4-10(5-15-13(11)18)14(20)16-6-12(19)9-2-3-21-7-9/h2-5,7-8,12,19H,6H2,1H3,(H,16,20). The lowest BCUT2D eigenvalue weighted by atomic mass is 10.2. The molecule has 3 heterocycles. The number of amides is 1. The highest BCUT2D eigenvalue weighted by Gasteiger charge is 2.12. The Morgan fingerprint density at radius 2 is 2.38 bits per heavy atom. The van der Waals surface area contributed by atoms with E-state index in [0.29, 0.717) is 11.1 Å². The monoisotopic (exact) mass is 302 g/mol. The first-order chi connectivity index (χ1) is 10.1. The van der Waals surface area contributed by atoms with Crippen LogP contribution in [0.2, 0.25) is 0 Å². The van der Waals surface area contributed by atoms with Crippen LogP contribution in [0, 0.1) is 0 Å². The molecule has 3 rings (SSSR count). The Labute approximate surface area is 125 Å². The maximum Gasteiger partial charge on any atom is 0.253 e. The number of carbonyl (C=O) groups is 1. The van der Waals surface area contributed by atoms with Crippen LogP contribution in [0.4, 0.5) is 0 Å². The second kappa shape index (κ2) is 5.63. The van der Waals surface area contributed by atoms with Crippen molar-refractivity contribution in [2.45, 2.75) is 6.10 Å². The van der Waals surface area contributed by atoms with Crippen molar-refractivity contribution < 1.29 is 9.90 Å². The normalized spacial score (nSPS) is 12.5. The minimum Gasteiger partial charge on any atom is -0.387 e. The van der Waals surface area contributed by atoms with Crippen molar-refractivity contribution in [1.82, 2.24) is 19.9 Å². The number of nitrogens with one attached hydrogen (secondary N) is 1. The third kappa shape index (κ3) is 2.79. The zero-order valence-corrected chi connectivity index (χ0v) is 12.2. The minimum absolute atomic E-state index is 0.163. The van der Waals surface area contributed by atoms with Crippen molar-refractivity contribution in [2.75, 3.05) is 6.54 Å².